The second-order valence-electron chi connectivity index (χ2n) is 14.9. The third kappa shape index (κ3) is 4.99. The van der Waals surface area contributed by atoms with E-state index in [0.717, 1.165) is 66.7 Å². The Hall–Kier alpha value is -7.62. The molecule has 3 heteroatoms. The average molecular weight is 727 g/mol. The van der Waals surface area contributed by atoms with Gasteiger partial charge in [-0.05, 0) is 118 Å². The molecule has 3 aromatic heterocycles. The van der Waals surface area contributed by atoms with Crippen molar-refractivity contribution in [1.29, 1.82) is 0 Å². The average Bonchev–Trinajstić information content (AvgIpc) is 3.94. The van der Waals surface area contributed by atoms with Crippen LogP contribution < -0.4 is 0 Å². The summed E-state index contributed by atoms with van der Waals surface area (Å²) in [6, 6.07) is 74.6. The molecule has 3 nitrogen and oxygen atoms in total. The van der Waals surface area contributed by atoms with E-state index in [-0.39, 0.29) is 0 Å². The second-order valence-corrected chi connectivity index (χ2v) is 14.9. The monoisotopic (exact) mass is 726 g/mol. The molecule has 9 aromatic carbocycles. The lowest BCUT2D eigenvalue weighted by molar-refractivity contribution is 0.669. The topological polar surface area (TPSA) is 23.0 Å². The molecule has 12 aromatic rings. The van der Waals surface area contributed by atoms with Gasteiger partial charge in [-0.2, -0.15) is 0 Å². The summed E-state index contributed by atoms with van der Waals surface area (Å²) in [5.74, 6) is 0. The number of rotatable bonds is 5. The van der Waals surface area contributed by atoms with Crippen molar-refractivity contribution >= 4 is 65.6 Å². The van der Waals surface area contributed by atoms with Crippen LogP contribution in [0.3, 0.4) is 0 Å². The number of nitrogens with zero attached hydrogens (tertiary/aromatic N) is 2. The highest BCUT2D eigenvalue weighted by molar-refractivity contribution is 6.10. The minimum absolute atomic E-state index is 0.895. The third-order valence-corrected chi connectivity index (χ3v) is 11.7. The summed E-state index contributed by atoms with van der Waals surface area (Å²) in [6.07, 6.45) is 0. The van der Waals surface area contributed by atoms with Crippen LogP contribution in [-0.2, 0) is 0 Å². The lowest BCUT2D eigenvalue weighted by Gasteiger charge is -2.14. The molecule has 266 valence electrons. The molecule has 0 fully saturated rings. The molecule has 0 N–H and O–H groups in total. The highest BCUT2D eigenvalue weighted by Gasteiger charge is 2.15. The molecule has 0 atom stereocenters. The maximum absolute atomic E-state index is 6.36. The maximum Gasteiger partial charge on any atom is 0.136 e. The van der Waals surface area contributed by atoms with Crippen LogP contribution in [0.4, 0.5) is 0 Å². The Labute approximate surface area is 328 Å². The van der Waals surface area contributed by atoms with Crippen molar-refractivity contribution in [2.45, 2.75) is 0 Å². The minimum atomic E-state index is 0.895. The van der Waals surface area contributed by atoms with Crippen molar-refractivity contribution < 1.29 is 4.42 Å². The quantitative estimate of drug-likeness (QED) is 0.173. The maximum atomic E-state index is 6.36. The summed E-state index contributed by atoms with van der Waals surface area (Å²) < 4.78 is 11.1. The largest absolute Gasteiger partial charge is 0.456 e. The first kappa shape index (κ1) is 31.7. The molecule has 0 saturated heterocycles. The van der Waals surface area contributed by atoms with Crippen LogP contribution in [0.1, 0.15) is 0 Å². The lowest BCUT2D eigenvalue weighted by atomic mass is 9.93. The fraction of sp³-hybridized carbons (Fsp3) is 0. The van der Waals surface area contributed by atoms with Gasteiger partial charge in [-0.3, -0.25) is 0 Å². The number of furan rings is 1. The Morgan fingerprint density at radius 3 is 1.05 bits per heavy atom. The summed E-state index contributed by atoms with van der Waals surface area (Å²) in [7, 11) is 0. The summed E-state index contributed by atoms with van der Waals surface area (Å²) >= 11 is 0. The van der Waals surface area contributed by atoms with E-state index < -0.39 is 0 Å². The van der Waals surface area contributed by atoms with Crippen LogP contribution in [0.2, 0.25) is 0 Å². The predicted octanol–water partition coefficient (Wildman–Crippen LogP) is 14.8. The van der Waals surface area contributed by atoms with Gasteiger partial charge in [0, 0.05) is 43.7 Å². The molecule has 0 unspecified atom stereocenters. The first-order valence-corrected chi connectivity index (χ1v) is 19.5. The number of fused-ring (bicyclic) bond motifs is 9. The Morgan fingerprint density at radius 1 is 0.246 bits per heavy atom. The van der Waals surface area contributed by atoms with Gasteiger partial charge in [0.1, 0.15) is 11.2 Å². The smallest absolute Gasteiger partial charge is 0.136 e. The third-order valence-electron chi connectivity index (χ3n) is 11.7. The van der Waals surface area contributed by atoms with E-state index in [1.54, 1.807) is 0 Å². The van der Waals surface area contributed by atoms with Crippen LogP contribution in [0, 0.1) is 0 Å². The number of hydrogen-bond acceptors (Lipinski definition) is 1. The molecule has 0 saturated carbocycles. The molecule has 3 heterocycles. The fourth-order valence-electron chi connectivity index (χ4n) is 9.04. The Balaban J connectivity index is 0.995. The summed E-state index contributed by atoms with van der Waals surface area (Å²) in [6.45, 7) is 0. The fourth-order valence-corrected chi connectivity index (χ4v) is 9.04. The van der Waals surface area contributed by atoms with Crippen LogP contribution >= 0.6 is 0 Å². The summed E-state index contributed by atoms with van der Waals surface area (Å²) in [5, 5.41) is 7.33. The molecular formula is C54H34N2O. The highest BCUT2D eigenvalue weighted by Crippen LogP contribution is 2.39. The molecule has 0 aliphatic heterocycles. The zero-order valence-corrected chi connectivity index (χ0v) is 30.9. The number of para-hydroxylation sites is 5. The number of aromatic nitrogens is 2. The van der Waals surface area contributed by atoms with E-state index in [2.05, 4.69) is 203 Å². The predicted molar refractivity (Wildman–Crippen MR) is 239 cm³/mol. The molecular weight excluding hydrogens is 693 g/mol. The van der Waals surface area contributed by atoms with E-state index in [1.807, 2.05) is 12.1 Å². The van der Waals surface area contributed by atoms with Crippen LogP contribution in [0.15, 0.2) is 211 Å². The van der Waals surface area contributed by atoms with Gasteiger partial charge in [-0.25, -0.2) is 0 Å². The molecule has 0 bridgehead atoms. The number of hydrogen-bond donors (Lipinski definition) is 0. The molecule has 0 aliphatic carbocycles. The van der Waals surface area contributed by atoms with Crippen LogP contribution in [-0.4, -0.2) is 9.13 Å². The summed E-state index contributed by atoms with van der Waals surface area (Å²) in [5.41, 5.74) is 15.8. The minimum Gasteiger partial charge on any atom is -0.456 e. The Kier molecular flexibility index (Phi) is 6.93. The van der Waals surface area contributed by atoms with E-state index >= 15 is 0 Å². The van der Waals surface area contributed by atoms with Gasteiger partial charge < -0.3 is 13.6 Å². The van der Waals surface area contributed by atoms with Crippen molar-refractivity contribution in [2.24, 2.45) is 0 Å². The van der Waals surface area contributed by atoms with Gasteiger partial charge >= 0.3 is 0 Å². The zero-order valence-electron chi connectivity index (χ0n) is 30.9. The zero-order chi connectivity index (χ0) is 37.5. The van der Waals surface area contributed by atoms with Crippen molar-refractivity contribution in [3.05, 3.63) is 206 Å². The lowest BCUT2D eigenvalue weighted by Crippen LogP contribution is -1.94. The molecule has 0 aliphatic rings. The van der Waals surface area contributed by atoms with Gasteiger partial charge in [0.2, 0.25) is 0 Å². The molecule has 57 heavy (non-hydrogen) atoms. The Bertz CT molecular complexity index is 3220. The molecule has 0 spiro atoms. The molecule has 0 radical (unpaired) electrons. The Morgan fingerprint density at radius 2 is 0.596 bits per heavy atom. The van der Waals surface area contributed by atoms with Gasteiger partial charge in [0.15, 0.2) is 0 Å². The van der Waals surface area contributed by atoms with Crippen molar-refractivity contribution in [3.63, 3.8) is 0 Å². The van der Waals surface area contributed by atoms with Gasteiger partial charge in [0.25, 0.3) is 0 Å². The SMILES string of the molecule is c1ccc2c(c1)oc1cc(-c3cc(-c4ccc(-n5c6ccccc6c6ccccc65)cc4)cc(-c4ccc(-n5c6ccccc6c6ccccc65)cc4)c3)ccc12. The van der Waals surface area contributed by atoms with Gasteiger partial charge in [-0.1, -0.05) is 121 Å². The first-order chi connectivity index (χ1) is 28.2. The van der Waals surface area contributed by atoms with E-state index in [4.69, 9.17) is 4.42 Å². The van der Waals surface area contributed by atoms with Crippen LogP contribution in [0.25, 0.3) is 110 Å². The normalized spacial score (nSPS) is 11.9. The molecule has 12 rings (SSSR count). The van der Waals surface area contributed by atoms with Gasteiger partial charge in [-0.15, -0.1) is 0 Å². The second kappa shape index (κ2) is 12.5. The first-order valence-electron chi connectivity index (χ1n) is 19.5. The van der Waals surface area contributed by atoms with Crippen molar-refractivity contribution in [3.8, 4) is 44.8 Å². The molecule has 0 amide bonds. The standard InChI is InChI=1S/C54H34N2O/c1-6-16-49-43(11-1)44-12-2-7-17-50(44)55(49)41-26-21-35(22-27-41)38-31-39(33-40(32-38)37-25-30-48-47-15-5-10-20-53(47)57-54(48)34-37)36-23-28-42(29-24-36)56-51-18-8-3-13-45(51)46-14-4-9-19-52(46)56/h1-34H. The summed E-state index contributed by atoms with van der Waals surface area (Å²) in [4.78, 5) is 0. The van der Waals surface area contributed by atoms with Crippen molar-refractivity contribution in [1.82, 2.24) is 9.13 Å². The van der Waals surface area contributed by atoms with Crippen molar-refractivity contribution in [2.75, 3.05) is 0 Å². The van der Waals surface area contributed by atoms with Crippen LogP contribution in [0.5, 0.6) is 0 Å². The number of benzene rings is 9. The van der Waals surface area contributed by atoms with Gasteiger partial charge in [0.05, 0.1) is 22.1 Å². The van der Waals surface area contributed by atoms with E-state index in [0.29, 0.717) is 0 Å². The van der Waals surface area contributed by atoms with E-state index in [9.17, 15) is 0 Å². The van der Waals surface area contributed by atoms with E-state index in [1.165, 1.54) is 43.6 Å². The highest BCUT2D eigenvalue weighted by atomic mass is 16.3.